The van der Waals surface area contributed by atoms with Crippen LogP contribution in [0.1, 0.15) is 58.1 Å². The van der Waals surface area contributed by atoms with E-state index in [4.69, 9.17) is 0 Å². The molecule has 0 bridgehead atoms. The quantitative estimate of drug-likeness (QED) is 0.622. The van der Waals surface area contributed by atoms with Gasteiger partial charge < -0.3 is 10.6 Å². The number of H-pyrrole nitrogens is 1. The Kier molecular flexibility index (Phi) is 4.93. The minimum atomic E-state index is -0.139. The van der Waals surface area contributed by atoms with E-state index < -0.39 is 0 Å². The van der Waals surface area contributed by atoms with Crippen LogP contribution >= 0.6 is 11.3 Å². The molecule has 0 atom stereocenters. The molecule has 3 N–H and O–H groups in total. The standard InChI is InChI=1S/C22H24N4O2S/c27-21(18-12-29-19-11-23-10-9-15(18)19)24-14-7-5-13(6-8-14)20-16-3-1-2-4-17(16)22(28)26-25-20/h1-4,12-14,23H,5-11H2,(H,24,27)(H,26,28). The van der Waals surface area contributed by atoms with Crippen LogP contribution in [0, 0.1) is 0 Å². The number of hydrogen-bond donors (Lipinski definition) is 3. The maximum Gasteiger partial charge on any atom is 0.272 e. The fourth-order valence-corrected chi connectivity index (χ4v) is 5.72. The van der Waals surface area contributed by atoms with E-state index in [0.717, 1.165) is 61.8 Å². The van der Waals surface area contributed by atoms with Crippen molar-refractivity contribution in [3.63, 3.8) is 0 Å². The summed E-state index contributed by atoms with van der Waals surface area (Å²) in [5.74, 6) is 0.380. The second-order valence-electron chi connectivity index (χ2n) is 7.98. The zero-order chi connectivity index (χ0) is 19.8. The van der Waals surface area contributed by atoms with Crippen molar-refractivity contribution in [3.8, 4) is 0 Å². The summed E-state index contributed by atoms with van der Waals surface area (Å²) < 4.78 is 0. The molecular weight excluding hydrogens is 384 g/mol. The normalized spacial score (nSPS) is 21.7. The number of hydrogen-bond acceptors (Lipinski definition) is 5. The minimum absolute atomic E-state index is 0.0699. The number of carbonyl (C=O) groups excluding carboxylic acids is 1. The lowest BCUT2D eigenvalue weighted by Crippen LogP contribution is -2.38. The molecule has 2 aliphatic rings. The second kappa shape index (κ2) is 7.72. The number of rotatable bonds is 3. The summed E-state index contributed by atoms with van der Waals surface area (Å²) in [6, 6.07) is 7.87. The number of thiophene rings is 1. The van der Waals surface area contributed by atoms with Gasteiger partial charge in [0, 0.05) is 34.1 Å². The van der Waals surface area contributed by atoms with E-state index in [1.807, 2.05) is 29.6 Å². The molecule has 2 aromatic heterocycles. The van der Waals surface area contributed by atoms with Gasteiger partial charge in [0.1, 0.15) is 0 Å². The SMILES string of the molecule is O=C(NC1CCC(c2n[nH]c(=O)c3ccccc23)CC1)c1csc2c1CCNC2. The number of benzene rings is 1. The highest BCUT2D eigenvalue weighted by Gasteiger charge is 2.27. The Morgan fingerprint density at radius 2 is 1.93 bits per heavy atom. The molecule has 1 fully saturated rings. The van der Waals surface area contributed by atoms with Crippen LogP contribution in [0.3, 0.4) is 0 Å². The highest BCUT2D eigenvalue weighted by atomic mass is 32.1. The lowest BCUT2D eigenvalue weighted by atomic mass is 9.82. The first-order chi connectivity index (χ1) is 14.2. The van der Waals surface area contributed by atoms with Crippen LogP contribution < -0.4 is 16.2 Å². The Bertz CT molecular complexity index is 1110. The molecule has 150 valence electrons. The predicted octanol–water partition coefficient (Wildman–Crippen LogP) is 3.09. The topological polar surface area (TPSA) is 86.9 Å². The summed E-state index contributed by atoms with van der Waals surface area (Å²) in [5.41, 5.74) is 2.93. The Labute approximate surface area is 172 Å². The molecule has 0 radical (unpaired) electrons. The molecule has 1 amide bonds. The van der Waals surface area contributed by atoms with E-state index in [2.05, 4.69) is 20.8 Å². The first kappa shape index (κ1) is 18.5. The van der Waals surface area contributed by atoms with E-state index in [1.165, 1.54) is 10.4 Å². The lowest BCUT2D eigenvalue weighted by Gasteiger charge is -2.29. The van der Waals surface area contributed by atoms with E-state index in [-0.39, 0.29) is 17.5 Å². The third-order valence-electron chi connectivity index (χ3n) is 6.24. The predicted molar refractivity (Wildman–Crippen MR) is 115 cm³/mol. The van der Waals surface area contributed by atoms with Crippen LogP contribution in [-0.2, 0) is 13.0 Å². The molecule has 7 heteroatoms. The molecule has 29 heavy (non-hydrogen) atoms. The number of aromatic amines is 1. The van der Waals surface area contributed by atoms with Crippen molar-refractivity contribution in [1.82, 2.24) is 20.8 Å². The summed E-state index contributed by atoms with van der Waals surface area (Å²) in [6.45, 7) is 1.81. The first-order valence-corrected chi connectivity index (χ1v) is 11.2. The Balaban J connectivity index is 1.27. The molecule has 1 saturated carbocycles. The molecular formula is C22H24N4O2S. The van der Waals surface area contributed by atoms with Gasteiger partial charge in [-0.15, -0.1) is 11.3 Å². The zero-order valence-electron chi connectivity index (χ0n) is 16.2. The molecule has 1 aliphatic heterocycles. The average molecular weight is 409 g/mol. The maximum absolute atomic E-state index is 12.8. The van der Waals surface area contributed by atoms with E-state index in [9.17, 15) is 9.59 Å². The summed E-state index contributed by atoms with van der Waals surface area (Å²) in [4.78, 5) is 26.2. The van der Waals surface area contributed by atoms with Crippen LogP contribution in [0.25, 0.3) is 10.8 Å². The van der Waals surface area contributed by atoms with E-state index in [1.54, 1.807) is 11.3 Å². The van der Waals surface area contributed by atoms with Crippen LogP contribution in [0.4, 0.5) is 0 Å². The van der Waals surface area contributed by atoms with Gasteiger partial charge in [-0.2, -0.15) is 5.10 Å². The summed E-state index contributed by atoms with van der Waals surface area (Å²) in [6.07, 6.45) is 4.71. The van der Waals surface area contributed by atoms with Crippen LogP contribution in [0.2, 0.25) is 0 Å². The van der Waals surface area contributed by atoms with Crippen molar-refractivity contribution >= 4 is 28.0 Å². The second-order valence-corrected chi connectivity index (χ2v) is 8.95. The van der Waals surface area contributed by atoms with Crippen molar-refractivity contribution in [1.29, 1.82) is 0 Å². The fraction of sp³-hybridized carbons (Fsp3) is 0.409. The lowest BCUT2D eigenvalue weighted by molar-refractivity contribution is 0.0925. The average Bonchev–Trinajstić information content (AvgIpc) is 3.19. The molecule has 6 nitrogen and oxygen atoms in total. The van der Waals surface area contributed by atoms with Crippen molar-refractivity contribution < 1.29 is 4.79 Å². The van der Waals surface area contributed by atoms with Crippen molar-refractivity contribution in [2.45, 2.75) is 50.6 Å². The number of aromatic nitrogens is 2. The Hall–Kier alpha value is -2.51. The molecule has 0 unspecified atom stereocenters. The van der Waals surface area contributed by atoms with Gasteiger partial charge in [0.15, 0.2) is 0 Å². The number of nitrogens with zero attached hydrogens (tertiary/aromatic N) is 1. The maximum atomic E-state index is 12.8. The molecule has 1 aromatic carbocycles. The third kappa shape index (κ3) is 3.49. The Morgan fingerprint density at radius 1 is 1.14 bits per heavy atom. The number of fused-ring (bicyclic) bond motifs is 2. The van der Waals surface area contributed by atoms with Crippen molar-refractivity contribution in [2.24, 2.45) is 0 Å². The first-order valence-electron chi connectivity index (χ1n) is 10.3. The summed E-state index contributed by atoms with van der Waals surface area (Å²) in [7, 11) is 0. The fourth-order valence-electron chi connectivity index (χ4n) is 4.67. The molecule has 5 rings (SSSR count). The third-order valence-corrected chi connectivity index (χ3v) is 7.27. The van der Waals surface area contributed by atoms with Gasteiger partial charge in [-0.25, -0.2) is 5.10 Å². The number of carbonyl (C=O) groups is 1. The Morgan fingerprint density at radius 3 is 2.76 bits per heavy atom. The molecule has 3 heterocycles. The molecule has 1 aliphatic carbocycles. The number of amides is 1. The largest absolute Gasteiger partial charge is 0.349 e. The van der Waals surface area contributed by atoms with Gasteiger partial charge in [-0.05, 0) is 50.3 Å². The number of nitrogens with one attached hydrogen (secondary N) is 3. The monoisotopic (exact) mass is 408 g/mol. The molecule has 0 saturated heterocycles. The van der Waals surface area contributed by atoms with Gasteiger partial charge >= 0.3 is 0 Å². The summed E-state index contributed by atoms with van der Waals surface area (Å²) in [5, 5.41) is 17.3. The van der Waals surface area contributed by atoms with Crippen LogP contribution in [0.15, 0.2) is 34.4 Å². The minimum Gasteiger partial charge on any atom is -0.349 e. The van der Waals surface area contributed by atoms with Crippen LogP contribution in [-0.4, -0.2) is 28.7 Å². The zero-order valence-corrected chi connectivity index (χ0v) is 17.0. The van der Waals surface area contributed by atoms with Crippen molar-refractivity contribution in [3.05, 3.63) is 61.7 Å². The smallest absolute Gasteiger partial charge is 0.272 e. The highest BCUT2D eigenvalue weighted by molar-refractivity contribution is 7.10. The highest BCUT2D eigenvalue weighted by Crippen LogP contribution is 2.34. The molecule has 0 spiro atoms. The van der Waals surface area contributed by atoms with Crippen LogP contribution in [0.5, 0.6) is 0 Å². The van der Waals surface area contributed by atoms with Gasteiger partial charge in [0.05, 0.1) is 16.6 Å². The molecule has 3 aromatic rings. The van der Waals surface area contributed by atoms with Gasteiger partial charge in [0.25, 0.3) is 11.5 Å². The van der Waals surface area contributed by atoms with E-state index in [0.29, 0.717) is 11.3 Å². The van der Waals surface area contributed by atoms with Gasteiger partial charge in [0.2, 0.25) is 0 Å². The van der Waals surface area contributed by atoms with Gasteiger partial charge in [-0.1, -0.05) is 18.2 Å². The van der Waals surface area contributed by atoms with E-state index >= 15 is 0 Å². The van der Waals surface area contributed by atoms with Crippen molar-refractivity contribution in [2.75, 3.05) is 6.54 Å². The van der Waals surface area contributed by atoms with Gasteiger partial charge in [-0.3, -0.25) is 9.59 Å². The summed E-state index contributed by atoms with van der Waals surface area (Å²) >= 11 is 1.68.